The first-order valence-corrected chi connectivity index (χ1v) is 8.90. The van der Waals surface area contributed by atoms with Crippen LogP contribution in [0.5, 0.6) is 5.75 Å². The van der Waals surface area contributed by atoms with Gasteiger partial charge in [-0.05, 0) is 51.7 Å². The van der Waals surface area contributed by atoms with E-state index < -0.39 is 23.9 Å². The van der Waals surface area contributed by atoms with Crippen molar-refractivity contribution in [2.45, 2.75) is 51.4 Å². The number of hydrogen-bond donors (Lipinski definition) is 1. The van der Waals surface area contributed by atoms with Gasteiger partial charge in [-0.25, -0.2) is 0 Å². The molecule has 0 bridgehead atoms. The van der Waals surface area contributed by atoms with Crippen molar-refractivity contribution in [1.29, 1.82) is 0 Å². The highest BCUT2D eigenvalue weighted by Gasteiger charge is 2.51. The molecule has 26 heavy (non-hydrogen) atoms. The van der Waals surface area contributed by atoms with Crippen molar-refractivity contribution in [2.75, 3.05) is 7.11 Å². The number of hydrogen-bond acceptors (Lipinski definition) is 4. The number of aliphatic hydroxyl groups is 1. The normalized spacial score (nSPS) is 20.7. The summed E-state index contributed by atoms with van der Waals surface area (Å²) in [6.07, 6.45) is 0. The SMILES string of the molecule is COc1cc(B2OC(C)(C)C(C)(C)O2)ccc1C(C)(O)c1ccccc1. The molecule has 0 aliphatic carbocycles. The zero-order chi connectivity index (χ0) is 19.2. The highest BCUT2D eigenvalue weighted by molar-refractivity contribution is 6.62. The second kappa shape index (κ2) is 6.41. The van der Waals surface area contributed by atoms with Gasteiger partial charge < -0.3 is 19.2 Å². The van der Waals surface area contributed by atoms with Crippen LogP contribution in [0.4, 0.5) is 0 Å². The van der Waals surface area contributed by atoms with Gasteiger partial charge in [0.1, 0.15) is 11.4 Å². The lowest BCUT2D eigenvalue weighted by atomic mass is 9.77. The van der Waals surface area contributed by atoms with Gasteiger partial charge in [0.05, 0.1) is 18.3 Å². The first-order chi connectivity index (χ1) is 12.1. The number of benzene rings is 2. The Balaban J connectivity index is 1.97. The van der Waals surface area contributed by atoms with E-state index in [4.69, 9.17) is 14.0 Å². The fourth-order valence-corrected chi connectivity index (χ4v) is 3.15. The Morgan fingerprint density at radius 1 is 0.962 bits per heavy atom. The molecule has 0 amide bonds. The third-order valence-electron chi connectivity index (χ3n) is 5.61. The largest absolute Gasteiger partial charge is 0.496 e. The molecule has 0 saturated carbocycles. The van der Waals surface area contributed by atoms with Crippen molar-refractivity contribution >= 4 is 12.6 Å². The molecule has 1 saturated heterocycles. The molecule has 2 aromatic rings. The van der Waals surface area contributed by atoms with Crippen LogP contribution in [0.2, 0.25) is 0 Å². The van der Waals surface area contributed by atoms with E-state index in [-0.39, 0.29) is 0 Å². The molecule has 1 N–H and O–H groups in total. The van der Waals surface area contributed by atoms with Crippen LogP contribution in [0.15, 0.2) is 48.5 Å². The summed E-state index contributed by atoms with van der Waals surface area (Å²) in [5.41, 5.74) is 0.403. The third-order valence-corrected chi connectivity index (χ3v) is 5.61. The zero-order valence-corrected chi connectivity index (χ0v) is 16.4. The lowest BCUT2D eigenvalue weighted by Crippen LogP contribution is -2.41. The molecule has 4 nitrogen and oxygen atoms in total. The molecule has 3 rings (SSSR count). The first kappa shape index (κ1) is 19.0. The molecule has 1 heterocycles. The minimum Gasteiger partial charge on any atom is -0.496 e. The number of ether oxygens (including phenoxy) is 1. The van der Waals surface area contributed by atoms with E-state index in [1.54, 1.807) is 14.0 Å². The molecule has 1 aliphatic heterocycles. The van der Waals surface area contributed by atoms with Crippen LogP contribution in [-0.4, -0.2) is 30.5 Å². The Morgan fingerprint density at radius 3 is 2.08 bits per heavy atom. The van der Waals surface area contributed by atoms with Crippen molar-refractivity contribution in [2.24, 2.45) is 0 Å². The maximum absolute atomic E-state index is 11.1. The monoisotopic (exact) mass is 354 g/mol. The van der Waals surface area contributed by atoms with Crippen molar-refractivity contribution in [3.63, 3.8) is 0 Å². The van der Waals surface area contributed by atoms with Crippen molar-refractivity contribution in [3.8, 4) is 5.75 Å². The number of methoxy groups -OCH3 is 1. The summed E-state index contributed by atoms with van der Waals surface area (Å²) in [6, 6.07) is 15.3. The van der Waals surface area contributed by atoms with Gasteiger partial charge in [-0.3, -0.25) is 0 Å². The van der Waals surface area contributed by atoms with Gasteiger partial charge in [0.15, 0.2) is 0 Å². The van der Waals surface area contributed by atoms with Crippen molar-refractivity contribution in [1.82, 2.24) is 0 Å². The zero-order valence-electron chi connectivity index (χ0n) is 16.4. The quantitative estimate of drug-likeness (QED) is 0.857. The summed E-state index contributed by atoms with van der Waals surface area (Å²) in [7, 11) is 1.14. The van der Waals surface area contributed by atoms with Crippen molar-refractivity contribution in [3.05, 3.63) is 59.7 Å². The van der Waals surface area contributed by atoms with E-state index in [1.807, 2.05) is 76.2 Å². The fourth-order valence-electron chi connectivity index (χ4n) is 3.15. The van der Waals surface area contributed by atoms with E-state index >= 15 is 0 Å². The third kappa shape index (κ3) is 3.15. The van der Waals surface area contributed by atoms with Gasteiger partial charge in [0.2, 0.25) is 0 Å². The maximum atomic E-state index is 11.1. The van der Waals surface area contributed by atoms with Crippen LogP contribution < -0.4 is 10.2 Å². The molecule has 2 aromatic carbocycles. The lowest BCUT2D eigenvalue weighted by molar-refractivity contribution is 0.00578. The minimum absolute atomic E-state index is 0.404. The molecular weight excluding hydrogens is 327 g/mol. The molecule has 1 fully saturated rings. The topological polar surface area (TPSA) is 47.9 Å². The average Bonchev–Trinajstić information content (AvgIpc) is 2.82. The van der Waals surface area contributed by atoms with Crippen LogP contribution in [0.1, 0.15) is 45.7 Å². The number of rotatable bonds is 4. The average molecular weight is 354 g/mol. The molecule has 5 heteroatoms. The van der Waals surface area contributed by atoms with Gasteiger partial charge in [0, 0.05) is 5.56 Å². The van der Waals surface area contributed by atoms with Gasteiger partial charge in [-0.2, -0.15) is 0 Å². The van der Waals surface area contributed by atoms with E-state index in [1.165, 1.54) is 0 Å². The Morgan fingerprint density at radius 2 is 1.54 bits per heavy atom. The Kier molecular flexibility index (Phi) is 4.68. The van der Waals surface area contributed by atoms with E-state index in [9.17, 15) is 5.11 Å². The Labute approximate surface area is 156 Å². The predicted molar refractivity (Wildman–Crippen MR) is 104 cm³/mol. The van der Waals surface area contributed by atoms with Crippen molar-refractivity contribution < 1.29 is 19.2 Å². The summed E-state index contributed by atoms with van der Waals surface area (Å²) in [6.45, 7) is 9.88. The second-order valence-corrected chi connectivity index (χ2v) is 7.99. The minimum atomic E-state index is -1.17. The van der Waals surface area contributed by atoms with E-state index in [0.29, 0.717) is 11.3 Å². The van der Waals surface area contributed by atoms with Gasteiger partial charge in [-0.15, -0.1) is 0 Å². The van der Waals surface area contributed by atoms with Crippen LogP contribution in [0.25, 0.3) is 0 Å². The highest BCUT2D eigenvalue weighted by Crippen LogP contribution is 2.38. The van der Waals surface area contributed by atoms with Crippen LogP contribution in [0.3, 0.4) is 0 Å². The molecule has 1 unspecified atom stereocenters. The van der Waals surface area contributed by atoms with E-state index in [0.717, 1.165) is 11.0 Å². The lowest BCUT2D eigenvalue weighted by Gasteiger charge is -2.32. The molecule has 138 valence electrons. The van der Waals surface area contributed by atoms with Gasteiger partial charge >= 0.3 is 7.12 Å². The molecule has 0 radical (unpaired) electrons. The Hall–Kier alpha value is -1.82. The summed E-state index contributed by atoms with van der Waals surface area (Å²) in [5, 5.41) is 11.1. The highest BCUT2D eigenvalue weighted by atomic mass is 16.7. The standard InChI is InChI=1S/C21H27BO4/c1-19(2)20(3,4)26-22(25-19)16-12-13-17(18(14-16)24-6)21(5,23)15-10-8-7-9-11-15/h7-14,23H,1-6H3. The van der Waals surface area contributed by atoms with E-state index in [2.05, 4.69) is 0 Å². The second-order valence-electron chi connectivity index (χ2n) is 7.99. The smallest absolute Gasteiger partial charge is 0.494 e. The van der Waals surface area contributed by atoms with Gasteiger partial charge in [-0.1, -0.05) is 42.5 Å². The molecule has 1 aliphatic rings. The molecule has 0 spiro atoms. The van der Waals surface area contributed by atoms with Crippen LogP contribution >= 0.6 is 0 Å². The molecular formula is C21H27BO4. The maximum Gasteiger partial charge on any atom is 0.494 e. The van der Waals surface area contributed by atoms with Gasteiger partial charge in [0.25, 0.3) is 0 Å². The van der Waals surface area contributed by atoms with Crippen LogP contribution in [-0.2, 0) is 14.9 Å². The molecule has 1 atom stereocenters. The summed E-state index contributed by atoms with van der Waals surface area (Å²) in [4.78, 5) is 0. The summed E-state index contributed by atoms with van der Waals surface area (Å²) < 4.78 is 17.8. The van der Waals surface area contributed by atoms with Crippen LogP contribution in [0, 0.1) is 0 Å². The first-order valence-electron chi connectivity index (χ1n) is 8.90. The summed E-state index contributed by atoms with van der Waals surface area (Å²) >= 11 is 0. The summed E-state index contributed by atoms with van der Waals surface area (Å²) in [5.74, 6) is 0.603. The molecule has 0 aromatic heterocycles. The fraction of sp³-hybridized carbons (Fsp3) is 0.429. The predicted octanol–water partition coefficient (Wildman–Crippen LogP) is 3.25. The Bertz CT molecular complexity index is 768.